The van der Waals surface area contributed by atoms with Gasteiger partial charge in [0.2, 0.25) is 0 Å². The van der Waals surface area contributed by atoms with Crippen LogP contribution in [0.2, 0.25) is 0 Å². The lowest BCUT2D eigenvalue weighted by atomic mass is 9.90. The summed E-state index contributed by atoms with van der Waals surface area (Å²) in [4.78, 5) is 40.5. The Morgan fingerprint density at radius 1 is 1.11 bits per heavy atom. The molecule has 0 bridgehead atoms. The summed E-state index contributed by atoms with van der Waals surface area (Å²) in [5.74, 6) is 0.192. The number of carbonyl (C=O) groups excluding carboxylic acids is 2. The number of aryl methyl sites for hydroxylation is 1. The summed E-state index contributed by atoms with van der Waals surface area (Å²) in [6.45, 7) is 5.25. The van der Waals surface area contributed by atoms with E-state index < -0.39 is 0 Å². The van der Waals surface area contributed by atoms with Gasteiger partial charge in [0.15, 0.2) is 5.82 Å². The van der Waals surface area contributed by atoms with Gasteiger partial charge in [-0.05, 0) is 62.7 Å². The van der Waals surface area contributed by atoms with E-state index in [9.17, 15) is 9.59 Å². The molecule has 37 heavy (non-hydrogen) atoms. The van der Waals surface area contributed by atoms with Crippen molar-refractivity contribution < 1.29 is 9.59 Å². The van der Waals surface area contributed by atoms with Gasteiger partial charge in [0.25, 0.3) is 5.91 Å². The number of likely N-dealkylation sites (tertiary alicyclic amines) is 1. The van der Waals surface area contributed by atoms with Crippen LogP contribution >= 0.6 is 11.3 Å². The molecule has 0 aliphatic carbocycles. The van der Waals surface area contributed by atoms with Gasteiger partial charge in [0, 0.05) is 12.2 Å². The zero-order chi connectivity index (χ0) is 25.5. The molecule has 4 heterocycles. The molecule has 0 atom stereocenters. The van der Waals surface area contributed by atoms with E-state index in [-0.39, 0.29) is 11.9 Å². The fourth-order valence-corrected chi connectivity index (χ4v) is 5.97. The van der Waals surface area contributed by atoms with Crippen LogP contribution in [-0.2, 0) is 6.54 Å². The molecule has 0 radical (unpaired) electrons. The fraction of sp³-hybridized carbons (Fsp3) is 0.259. The molecule has 4 aromatic rings. The summed E-state index contributed by atoms with van der Waals surface area (Å²) in [5, 5.41) is 6.59. The average Bonchev–Trinajstić information content (AvgIpc) is 3.27. The first-order chi connectivity index (χ1) is 18.0. The second-order valence-corrected chi connectivity index (χ2v) is 10.7. The standard InChI is InChI=1S/C27H27BN6O2S/c1-16-5-10-19(13-20(16)28)34-24-21-22(32-27(34)36)23(37-26(21)30-15-29-24)25(35)31-18-8-6-17(7-9-18)14-33-11-3-2-4-12-33/h5-10,13,15H,2-4,11-12,14,28H2,1H3,(H,31,35)(H,32,36). The number of rotatable bonds is 5. The molecule has 2 aliphatic heterocycles. The van der Waals surface area contributed by atoms with E-state index in [2.05, 4.69) is 37.6 Å². The zero-order valence-corrected chi connectivity index (χ0v) is 21.7. The van der Waals surface area contributed by atoms with Crippen molar-refractivity contribution in [1.82, 2.24) is 14.9 Å². The maximum Gasteiger partial charge on any atom is 0.332 e. The summed E-state index contributed by atoms with van der Waals surface area (Å²) in [6, 6.07) is 13.5. The normalized spacial score (nSPS) is 15.6. The van der Waals surface area contributed by atoms with Crippen LogP contribution in [0.4, 0.5) is 27.7 Å². The van der Waals surface area contributed by atoms with Gasteiger partial charge < -0.3 is 10.6 Å². The molecule has 0 spiro atoms. The Balaban J connectivity index is 1.27. The molecule has 3 amide bonds. The highest BCUT2D eigenvalue weighted by molar-refractivity contribution is 7.21. The van der Waals surface area contributed by atoms with Crippen LogP contribution in [0.1, 0.15) is 40.1 Å². The number of benzene rings is 2. The third-order valence-electron chi connectivity index (χ3n) is 7.14. The Labute approximate surface area is 220 Å². The minimum atomic E-state index is -0.356. The first-order valence-corrected chi connectivity index (χ1v) is 13.4. The van der Waals surface area contributed by atoms with Crippen molar-refractivity contribution in [2.45, 2.75) is 32.7 Å². The van der Waals surface area contributed by atoms with Crippen molar-refractivity contribution >= 4 is 69.7 Å². The number of hydrogen-bond donors (Lipinski definition) is 2. The molecule has 2 aromatic carbocycles. The van der Waals surface area contributed by atoms with Crippen LogP contribution in [-0.4, -0.2) is 47.7 Å². The summed E-state index contributed by atoms with van der Waals surface area (Å²) in [6.07, 6.45) is 5.28. The Hall–Kier alpha value is -3.76. The predicted octanol–water partition coefficient (Wildman–Crippen LogP) is 4.18. The largest absolute Gasteiger partial charge is 0.332 e. The zero-order valence-electron chi connectivity index (χ0n) is 20.9. The van der Waals surface area contributed by atoms with E-state index in [1.807, 2.05) is 45.1 Å². The lowest BCUT2D eigenvalue weighted by Crippen LogP contribution is -2.35. The molecule has 186 valence electrons. The van der Waals surface area contributed by atoms with Crippen molar-refractivity contribution in [2.75, 3.05) is 28.6 Å². The third-order valence-corrected chi connectivity index (χ3v) is 8.23. The highest BCUT2D eigenvalue weighted by Gasteiger charge is 2.34. The molecule has 6 rings (SSSR count). The van der Waals surface area contributed by atoms with E-state index in [1.54, 1.807) is 4.90 Å². The van der Waals surface area contributed by atoms with Gasteiger partial charge in [0.05, 0.1) is 16.8 Å². The van der Waals surface area contributed by atoms with Crippen LogP contribution in [0, 0.1) is 6.92 Å². The number of nitrogens with one attached hydrogen (secondary N) is 2. The molecule has 1 saturated heterocycles. The summed E-state index contributed by atoms with van der Waals surface area (Å²) in [5.41, 5.74) is 5.34. The molecule has 0 saturated carbocycles. The lowest BCUT2D eigenvalue weighted by Gasteiger charge is -2.27. The average molecular weight is 510 g/mol. The SMILES string of the molecule is Bc1cc(N2C(=O)Nc3c(C(=O)Nc4ccc(CN5CCCCC5)cc4)sc4ncnc2c34)ccc1C. The van der Waals surface area contributed by atoms with Gasteiger partial charge in [-0.2, -0.15) is 0 Å². The van der Waals surface area contributed by atoms with Crippen LogP contribution < -0.4 is 21.0 Å². The van der Waals surface area contributed by atoms with E-state index >= 15 is 0 Å². The minimum Gasteiger partial charge on any atom is -0.321 e. The molecule has 1 fully saturated rings. The molecule has 0 unspecified atom stereocenters. The number of amides is 3. The molecule has 2 aromatic heterocycles. The summed E-state index contributed by atoms with van der Waals surface area (Å²) < 4.78 is 0. The summed E-state index contributed by atoms with van der Waals surface area (Å²) >= 11 is 1.25. The molecule has 10 heteroatoms. The highest BCUT2D eigenvalue weighted by atomic mass is 32.1. The molecular weight excluding hydrogens is 483 g/mol. The first kappa shape index (κ1) is 23.6. The Morgan fingerprint density at radius 2 is 1.89 bits per heavy atom. The third kappa shape index (κ3) is 4.47. The predicted molar refractivity (Wildman–Crippen MR) is 151 cm³/mol. The molecule has 2 aliphatic rings. The number of nitrogens with zero attached hydrogens (tertiary/aromatic N) is 4. The number of anilines is 4. The number of carbonyl (C=O) groups is 2. The van der Waals surface area contributed by atoms with Crippen molar-refractivity contribution in [3.8, 4) is 0 Å². The van der Waals surface area contributed by atoms with Gasteiger partial charge in [-0.25, -0.2) is 19.7 Å². The smallest absolute Gasteiger partial charge is 0.321 e. The number of aromatic nitrogens is 2. The number of urea groups is 1. The van der Waals surface area contributed by atoms with Crippen molar-refractivity contribution in [1.29, 1.82) is 0 Å². The van der Waals surface area contributed by atoms with Gasteiger partial charge in [-0.15, -0.1) is 11.3 Å². The second-order valence-electron chi connectivity index (χ2n) is 9.71. The van der Waals surface area contributed by atoms with Crippen molar-refractivity contribution in [2.24, 2.45) is 0 Å². The van der Waals surface area contributed by atoms with E-state index in [4.69, 9.17) is 0 Å². The molecular formula is C27H27BN6O2S. The second kappa shape index (κ2) is 9.61. The minimum absolute atomic E-state index is 0.285. The monoisotopic (exact) mass is 510 g/mol. The van der Waals surface area contributed by atoms with E-state index in [1.165, 1.54) is 42.5 Å². The van der Waals surface area contributed by atoms with Crippen LogP contribution in [0.25, 0.3) is 10.2 Å². The molecule has 2 N–H and O–H groups in total. The van der Waals surface area contributed by atoms with Gasteiger partial charge in [-0.3, -0.25) is 9.69 Å². The highest BCUT2D eigenvalue weighted by Crippen LogP contribution is 2.44. The van der Waals surface area contributed by atoms with Crippen molar-refractivity contribution in [3.63, 3.8) is 0 Å². The van der Waals surface area contributed by atoms with Gasteiger partial charge >= 0.3 is 6.03 Å². The van der Waals surface area contributed by atoms with Crippen molar-refractivity contribution in [3.05, 3.63) is 64.8 Å². The number of piperidine rings is 1. The quantitative estimate of drug-likeness (QED) is 0.393. The van der Waals surface area contributed by atoms with Crippen LogP contribution in [0.3, 0.4) is 0 Å². The van der Waals surface area contributed by atoms with Gasteiger partial charge in [-0.1, -0.05) is 35.6 Å². The fourth-order valence-electron chi connectivity index (χ4n) is 4.99. The first-order valence-electron chi connectivity index (χ1n) is 12.6. The van der Waals surface area contributed by atoms with Crippen LogP contribution in [0.15, 0.2) is 48.8 Å². The lowest BCUT2D eigenvalue weighted by molar-refractivity contribution is 0.103. The summed E-state index contributed by atoms with van der Waals surface area (Å²) in [7, 11) is 2.01. The Morgan fingerprint density at radius 3 is 2.65 bits per heavy atom. The van der Waals surface area contributed by atoms with Crippen LogP contribution in [0.5, 0.6) is 0 Å². The maximum atomic E-state index is 13.3. The van der Waals surface area contributed by atoms with E-state index in [0.717, 1.165) is 30.7 Å². The van der Waals surface area contributed by atoms with E-state index in [0.29, 0.717) is 38.0 Å². The topological polar surface area (TPSA) is 90.5 Å². The number of thiophene rings is 1. The number of hydrogen-bond acceptors (Lipinski definition) is 6. The van der Waals surface area contributed by atoms with Gasteiger partial charge in [0.1, 0.15) is 23.9 Å². The Kier molecular flexibility index (Phi) is 6.14. The molecule has 8 nitrogen and oxygen atoms in total. The maximum absolute atomic E-state index is 13.3. The Bertz CT molecular complexity index is 1510.